The average molecular weight is 524 g/mol. The first-order valence-corrected chi connectivity index (χ1v) is 15.1. The van der Waals surface area contributed by atoms with Crippen LogP contribution in [0.2, 0.25) is 0 Å². The van der Waals surface area contributed by atoms with Crippen LogP contribution < -0.4 is 4.74 Å². The number of benzene rings is 5. The van der Waals surface area contributed by atoms with E-state index in [4.69, 9.17) is 4.74 Å². The summed E-state index contributed by atoms with van der Waals surface area (Å²) in [5, 5.41) is 5.38. The highest BCUT2D eigenvalue weighted by molar-refractivity contribution is 5.93. The molecule has 200 valence electrons. The van der Waals surface area contributed by atoms with Gasteiger partial charge in [-0.3, -0.25) is 4.90 Å². The Hall–Kier alpha value is -3.62. The Bertz CT molecular complexity index is 1740. The van der Waals surface area contributed by atoms with E-state index >= 15 is 0 Å². The number of hydrogen-bond acceptors (Lipinski definition) is 2. The third-order valence-corrected chi connectivity index (χ3v) is 10.6. The van der Waals surface area contributed by atoms with E-state index in [0.29, 0.717) is 18.1 Å². The monoisotopic (exact) mass is 523 g/mol. The van der Waals surface area contributed by atoms with Crippen molar-refractivity contribution in [3.8, 4) is 5.75 Å². The summed E-state index contributed by atoms with van der Waals surface area (Å²) in [5.41, 5.74) is 7.66. The van der Waals surface area contributed by atoms with E-state index in [1.165, 1.54) is 70.3 Å². The molecule has 4 atom stereocenters. The standard InChI is InChI=1S/C38H37NO/c1-25(26-9-4-3-5-10-26)39-24-40-35-19-18-30-31-20-22-38(2)21-8-13-34(38)32(31)16-17-33(30)36(35)37(39)29-15-14-27-11-6-7-12-28(27)23-29/h3-7,9-12,14-19,23,25,34,37H,8,13,20-22,24H2,1-2H3/t25-,34+,37+,38-/m0/s1. The number of hydrogen-bond donors (Lipinski definition) is 0. The first-order valence-electron chi connectivity index (χ1n) is 15.1. The minimum atomic E-state index is 0.102. The molecule has 8 rings (SSSR count). The molecule has 0 bridgehead atoms. The molecule has 0 radical (unpaired) electrons. The number of ether oxygens (including phenoxy) is 1. The molecule has 5 aromatic rings. The van der Waals surface area contributed by atoms with E-state index in [0.717, 1.165) is 5.75 Å². The fourth-order valence-electron chi connectivity index (χ4n) is 8.35. The Labute approximate surface area is 237 Å². The molecule has 0 amide bonds. The molecule has 1 aliphatic heterocycles. The lowest BCUT2D eigenvalue weighted by Gasteiger charge is -2.42. The van der Waals surface area contributed by atoms with Gasteiger partial charge in [-0.1, -0.05) is 98.3 Å². The minimum Gasteiger partial charge on any atom is -0.478 e. The molecule has 2 aliphatic carbocycles. The van der Waals surface area contributed by atoms with Gasteiger partial charge in [0.25, 0.3) is 0 Å². The predicted octanol–water partition coefficient (Wildman–Crippen LogP) is 9.72. The summed E-state index contributed by atoms with van der Waals surface area (Å²) in [6.07, 6.45) is 6.58. The number of rotatable bonds is 3. The zero-order valence-corrected chi connectivity index (χ0v) is 23.6. The summed E-state index contributed by atoms with van der Waals surface area (Å²) in [5.74, 6) is 1.74. The molecule has 5 aromatic carbocycles. The number of fused-ring (bicyclic) bond motifs is 8. The molecule has 1 heterocycles. The van der Waals surface area contributed by atoms with Gasteiger partial charge in [-0.15, -0.1) is 0 Å². The van der Waals surface area contributed by atoms with Crippen LogP contribution >= 0.6 is 0 Å². The van der Waals surface area contributed by atoms with Gasteiger partial charge in [-0.2, -0.15) is 0 Å². The second-order valence-corrected chi connectivity index (χ2v) is 12.7. The van der Waals surface area contributed by atoms with Crippen molar-refractivity contribution < 1.29 is 4.74 Å². The van der Waals surface area contributed by atoms with Gasteiger partial charge in [0, 0.05) is 11.6 Å². The zero-order valence-electron chi connectivity index (χ0n) is 23.6. The van der Waals surface area contributed by atoms with Crippen LogP contribution in [-0.2, 0) is 6.42 Å². The molecule has 40 heavy (non-hydrogen) atoms. The maximum Gasteiger partial charge on any atom is 0.143 e. The molecule has 2 nitrogen and oxygen atoms in total. The normalized spacial score (nSPS) is 24.8. The molecular weight excluding hydrogens is 486 g/mol. The molecule has 0 saturated heterocycles. The van der Waals surface area contributed by atoms with Crippen LogP contribution in [0.3, 0.4) is 0 Å². The zero-order chi connectivity index (χ0) is 26.8. The molecule has 0 spiro atoms. The Kier molecular flexibility index (Phi) is 5.57. The van der Waals surface area contributed by atoms with Crippen molar-refractivity contribution in [1.82, 2.24) is 4.90 Å². The van der Waals surface area contributed by atoms with Crippen molar-refractivity contribution in [2.75, 3.05) is 6.73 Å². The topological polar surface area (TPSA) is 12.5 Å². The van der Waals surface area contributed by atoms with E-state index in [1.54, 1.807) is 11.1 Å². The van der Waals surface area contributed by atoms with Crippen LogP contribution in [0.1, 0.15) is 85.3 Å². The van der Waals surface area contributed by atoms with Crippen LogP contribution in [0.5, 0.6) is 5.75 Å². The van der Waals surface area contributed by atoms with E-state index in [1.807, 2.05) is 0 Å². The smallest absolute Gasteiger partial charge is 0.143 e. The van der Waals surface area contributed by atoms with Crippen molar-refractivity contribution >= 4 is 21.5 Å². The molecule has 0 N–H and O–H groups in total. The van der Waals surface area contributed by atoms with Gasteiger partial charge in [0.2, 0.25) is 0 Å². The fourth-order valence-corrected chi connectivity index (χ4v) is 8.35. The fraction of sp³-hybridized carbons (Fsp3) is 0.316. The second-order valence-electron chi connectivity index (χ2n) is 12.7. The molecule has 0 unspecified atom stereocenters. The van der Waals surface area contributed by atoms with E-state index in [9.17, 15) is 0 Å². The lowest BCUT2D eigenvalue weighted by molar-refractivity contribution is 0.0411. The van der Waals surface area contributed by atoms with Crippen molar-refractivity contribution in [3.63, 3.8) is 0 Å². The average Bonchev–Trinajstić information content (AvgIpc) is 3.42. The summed E-state index contributed by atoms with van der Waals surface area (Å²) in [7, 11) is 0. The predicted molar refractivity (Wildman–Crippen MR) is 165 cm³/mol. The first-order chi connectivity index (χ1) is 19.6. The van der Waals surface area contributed by atoms with Crippen LogP contribution in [0.25, 0.3) is 21.5 Å². The van der Waals surface area contributed by atoms with Gasteiger partial charge in [-0.05, 0) is 99.9 Å². The summed E-state index contributed by atoms with van der Waals surface area (Å²) in [4.78, 5) is 2.55. The number of aryl methyl sites for hydroxylation is 1. The second kappa shape index (κ2) is 9.21. The minimum absolute atomic E-state index is 0.102. The van der Waals surface area contributed by atoms with Crippen molar-refractivity contribution in [2.24, 2.45) is 5.41 Å². The molecule has 1 saturated carbocycles. The third kappa shape index (κ3) is 3.65. The van der Waals surface area contributed by atoms with Gasteiger partial charge in [0.05, 0.1) is 6.04 Å². The first kappa shape index (κ1) is 24.2. The molecule has 3 aliphatic rings. The summed E-state index contributed by atoms with van der Waals surface area (Å²) in [6, 6.07) is 36.5. The van der Waals surface area contributed by atoms with Gasteiger partial charge >= 0.3 is 0 Å². The quantitative estimate of drug-likeness (QED) is 0.233. The molecule has 0 aromatic heterocycles. The SMILES string of the molecule is C[C@@H](c1ccccc1)N1COc2ccc3c4c(ccc3c2[C@H]1c1ccc2ccccc2c1)[C@H]1CCC[C@@]1(C)CC4. The highest BCUT2D eigenvalue weighted by atomic mass is 16.5. The summed E-state index contributed by atoms with van der Waals surface area (Å²) in [6.45, 7) is 5.43. The van der Waals surface area contributed by atoms with Gasteiger partial charge < -0.3 is 4.74 Å². The van der Waals surface area contributed by atoms with Gasteiger partial charge in [0.1, 0.15) is 12.5 Å². The lowest BCUT2D eigenvalue weighted by Crippen LogP contribution is -2.39. The molecule has 1 fully saturated rings. The van der Waals surface area contributed by atoms with E-state index < -0.39 is 0 Å². The van der Waals surface area contributed by atoms with Crippen molar-refractivity contribution in [3.05, 3.63) is 125 Å². The van der Waals surface area contributed by atoms with E-state index in [-0.39, 0.29) is 12.1 Å². The van der Waals surface area contributed by atoms with Crippen LogP contribution in [-0.4, -0.2) is 11.6 Å². The lowest BCUT2D eigenvalue weighted by atomic mass is 9.66. The van der Waals surface area contributed by atoms with Crippen LogP contribution in [0.15, 0.2) is 97.1 Å². The van der Waals surface area contributed by atoms with E-state index in [2.05, 4.69) is 116 Å². The Morgan fingerprint density at radius 3 is 2.50 bits per heavy atom. The van der Waals surface area contributed by atoms with Crippen LogP contribution in [0.4, 0.5) is 0 Å². The van der Waals surface area contributed by atoms with Gasteiger partial charge in [0.15, 0.2) is 0 Å². The highest BCUT2D eigenvalue weighted by Crippen LogP contribution is 2.57. The largest absolute Gasteiger partial charge is 0.478 e. The Balaban J connectivity index is 1.34. The summed E-state index contributed by atoms with van der Waals surface area (Å²) >= 11 is 0. The summed E-state index contributed by atoms with van der Waals surface area (Å²) < 4.78 is 6.58. The Morgan fingerprint density at radius 1 is 0.825 bits per heavy atom. The molecular formula is C38H37NO. The van der Waals surface area contributed by atoms with Crippen molar-refractivity contribution in [1.29, 1.82) is 0 Å². The number of nitrogens with zero attached hydrogens (tertiary/aromatic N) is 1. The molecule has 2 heteroatoms. The van der Waals surface area contributed by atoms with Crippen LogP contribution in [0, 0.1) is 5.41 Å². The third-order valence-electron chi connectivity index (χ3n) is 10.6. The highest BCUT2D eigenvalue weighted by Gasteiger charge is 2.43. The maximum atomic E-state index is 6.58. The maximum absolute atomic E-state index is 6.58. The Morgan fingerprint density at radius 2 is 1.62 bits per heavy atom. The van der Waals surface area contributed by atoms with Crippen molar-refractivity contribution in [2.45, 2.75) is 64.0 Å². The van der Waals surface area contributed by atoms with Gasteiger partial charge in [-0.25, -0.2) is 0 Å².